The van der Waals surface area contributed by atoms with Gasteiger partial charge in [0.05, 0.1) is 11.8 Å². The van der Waals surface area contributed by atoms with Crippen LogP contribution in [0.5, 0.6) is 0 Å². The van der Waals surface area contributed by atoms with E-state index < -0.39 is 36.7 Å². The molecule has 0 aliphatic rings. The summed E-state index contributed by atoms with van der Waals surface area (Å²) in [5.41, 5.74) is -0.534. The second kappa shape index (κ2) is 9.21. The van der Waals surface area contributed by atoms with E-state index in [-0.39, 0.29) is 11.4 Å². The summed E-state index contributed by atoms with van der Waals surface area (Å²) in [5.74, 6) is 0. The zero-order valence-electron chi connectivity index (χ0n) is 16.2. The van der Waals surface area contributed by atoms with E-state index in [1.54, 1.807) is 13.8 Å². The molecule has 0 atom stereocenters. The molecule has 0 aromatic carbocycles. The highest BCUT2D eigenvalue weighted by atomic mass is 32.1. The zero-order valence-corrected chi connectivity index (χ0v) is 17.0. The van der Waals surface area contributed by atoms with E-state index in [9.17, 15) is 22.8 Å². The van der Waals surface area contributed by atoms with Crippen molar-refractivity contribution in [3.8, 4) is 0 Å². The third-order valence-electron chi connectivity index (χ3n) is 4.45. The van der Waals surface area contributed by atoms with Gasteiger partial charge in [-0.15, -0.1) is 11.3 Å². The van der Waals surface area contributed by atoms with Crippen molar-refractivity contribution in [1.82, 2.24) is 14.5 Å². The van der Waals surface area contributed by atoms with Crippen LogP contribution in [-0.2, 0) is 29.1 Å². The van der Waals surface area contributed by atoms with E-state index in [0.717, 1.165) is 25.3 Å². The molecule has 0 aliphatic heterocycles. The molecule has 158 valence electrons. The van der Waals surface area contributed by atoms with Gasteiger partial charge in [0.15, 0.2) is 6.29 Å². The topological polar surface area (TPSA) is 74.5 Å². The lowest BCUT2D eigenvalue weighted by Crippen LogP contribution is -2.39. The number of aromatic nitrogens is 2. The maximum Gasteiger partial charge on any atom is 0.390 e. The predicted octanol–water partition coefficient (Wildman–Crippen LogP) is 2.21. The molecule has 28 heavy (non-hydrogen) atoms. The third-order valence-corrected chi connectivity index (χ3v) is 5.77. The molecule has 0 spiro atoms. The van der Waals surface area contributed by atoms with E-state index in [1.807, 2.05) is 0 Å². The fourth-order valence-electron chi connectivity index (χ4n) is 2.89. The minimum Gasteiger partial charge on any atom is -0.355 e. The van der Waals surface area contributed by atoms with E-state index >= 15 is 0 Å². The first-order valence-corrected chi connectivity index (χ1v) is 9.54. The van der Waals surface area contributed by atoms with E-state index in [1.165, 1.54) is 14.2 Å². The fourth-order valence-corrected chi connectivity index (χ4v) is 4.17. The number of fused-ring (bicyclic) bond motifs is 1. The van der Waals surface area contributed by atoms with Gasteiger partial charge in [0.25, 0.3) is 5.56 Å². The molecule has 0 aliphatic carbocycles. The summed E-state index contributed by atoms with van der Waals surface area (Å²) < 4.78 is 50.4. The number of nitrogens with zero attached hydrogens (tertiary/aromatic N) is 2. The quantitative estimate of drug-likeness (QED) is 0.626. The standard InChI is InChI=1S/C17H24F3N3O4S/c1-5-22-14(24)13-10(2)11(8-21-9-12(26-3)27-4)28-15(13)23(16(22)25)7-6-17(18,19)20/h12,21H,5-9H2,1-4H3. The number of hydrogen-bond donors (Lipinski definition) is 1. The molecule has 0 bridgehead atoms. The van der Waals surface area contributed by atoms with E-state index in [4.69, 9.17) is 9.47 Å². The van der Waals surface area contributed by atoms with Crippen LogP contribution >= 0.6 is 11.3 Å². The normalized spacial score (nSPS) is 12.4. The minimum absolute atomic E-state index is 0.0891. The number of methoxy groups -OCH3 is 2. The van der Waals surface area contributed by atoms with Gasteiger partial charge < -0.3 is 14.8 Å². The number of ether oxygens (including phenoxy) is 2. The molecule has 11 heteroatoms. The fraction of sp³-hybridized carbons (Fsp3) is 0.647. The van der Waals surface area contributed by atoms with Crippen molar-refractivity contribution >= 4 is 21.6 Å². The van der Waals surface area contributed by atoms with Gasteiger partial charge in [0.1, 0.15) is 4.83 Å². The summed E-state index contributed by atoms with van der Waals surface area (Å²) in [7, 11) is 3.01. The molecule has 0 saturated heterocycles. The number of rotatable bonds is 9. The Labute approximate surface area is 163 Å². The molecule has 2 aromatic heterocycles. The molecule has 2 aromatic rings. The van der Waals surface area contributed by atoms with Gasteiger partial charge >= 0.3 is 11.9 Å². The van der Waals surface area contributed by atoms with Crippen LogP contribution in [0.3, 0.4) is 0 Å². The first-order chi connectivity index (χ1) is 13.1. The SMILES string of the molecule is CCn1c(=O)c2c(C)c(CNCC(OC)OC)sc2n(CCC(F)(F)F)c1=O. The smallest absolute Gasteiger partial charge is 0.355 e. The van der Waals surface area contributed by atoms with Crippen LogP contribution in [0.15, 0.2) is 9.59 Å². The summed E-state index contributed by atoms with van der Waals surface area (Å²) in [6, 6.07) is 0. The molecule has 2 rings (SSSR count). The molecule has 0 radical (unpaired) electrons. The highest BCUT2D eigenvalue weighted by Crippen LogP contribution is 2.29. The molecule has 0 amide bonds. The van der Waals surface area contributed by atoms with Crippen LogP contribution in [0.4, 0.5) is 13.2 Å². The van der Waals surface area contributed by atoms with Crippen molar-refractivity contribution in [2.45, 2.75) is 52.4 Å². The highest BCUT2D eigenvalue weighted by Gasteiger charge is 2.28. The first-order valence-electron chi connectivity index (χ1n) is 8.73. The van der Waals surface area contributed by atoms with Crippen molar-refractivity contribution in [2.75, 3.05) is 20.8 Å². The van der Waals surface area contributed by atoms with Gasteiger partial charge in [-0.2, -0.15) is 13.2 Å². The predicted molar refractivity (Wildman–Crippen MR) is 101 cm³/mol. The number of alkyl halides is 3. The molecule has 2 heterocycles. The van der Waals surface area contributed by atoms with Crippen LogP contribution in [0.2, 0.25) is 0 Å². The number of hydrogen-bond acceptors (Lipinski definition) is 6. The lowest BCUT2D eigenvalue weighted by Gasteiger charge is -2.13. The van der Waals surface area contributed by atoms with Gasteiger partial charge in [0.2, 0.25) is 0 Å². The molecular formula is C17H24F3N3O4S. The van der Waals surface area contributed by atoms with E-state index in [0.29, 0.717) is 24.0 Å². The van der Waals surface area contributed by atoms with Crippen LogP contribution in [0.25, 0.3) is 10.2 Å². The lowest BCUT2D eigenvalue weighted by atomic mass is 10.2. The Bertz CT molecular complexity index is 929. The Morgan fingerprint density at radius 3 is 2.36 bits per heavy atom. The monoisotopic (exact) mass is 423 g/mol. The second-order valence-electron chi connectivity index (χ2n) is 6.21. The summed E-state index contributed by atoms with van der Waals surface area (Å²) in [4.78, 5) is 26.3. The summed E-state index contributed by atoms with van der Waals surface area (Å²) in [5, 5.41) is 3.42. The summed E-state index contributed by atoms with van der Waals surface area (Å²) in [6.07, 6.45) is -5.99. The van der Waals surface area contributed by atoms with Gasteiger partial charge in [-0.1, -0.05) is 0 Å². The molecule has 0 unspecified atom stereocenters. The summed E-state index contributed by atoms with van der Waals surface area (Å²) >= 11 is 1.15. The van der Waals surface area contributed by atoms with Gasteiger partial charge in [-0.05, 0) is 19.4 Å². The van der Waals surface area contributed by atoms with Gasteiger partial charge in [-0.3, -0.25) is 13.9 Å². The van der Waals surface area contributed by atoms with Gasteiger partial charge in [-0.25, -0.2) is 4.79 Å². The Balaban J connectivity index is 2.48. The largest absolute Gasteiger partial charge is 0.390 e. The Morgan fingerprint density at radius 1 is 1.18 bits per heavy atom. The van der Waals surface area contributed by atoms with Crippen LogP contribution in [0.1, 0.15) is 23.8 Å². The second-order valence-corrected chi connectivity index (χ2v) is 7.29. The molecule has 1 N–H and O–H groups in total. The molecule has 0 saturated carbocycles. The van der Waals surface area contributed by atoms with Crippen LogP contribution in [-0.4, -0.2) is 42.4 Å². The Morgan fingerprint density at radius 2 is 1.82 bits per heavy atom. The van der Waals surface area contributed by atoms with Crippen LogP contribution < -0.4 is 16.6 Å². The lowest BCUT2D eigenvalue weighted by molar-refractivity contribution is -0.136. The number of aryl methyl sites for hydroxylation is 2. The molecule has 0 fully saturated rings. The molecule has 7 nitrogen and oxygen atoms in total. The highest BCUT2D eigenvalue weighted by molar-refractivity contribution is 7.18. The van der Waals surface area contributed by atoms with Crippen molar-refractivity contribution in [3.05, 3.63) is 31.3 Å². The van der Waals surface area contributed by atoms with Gasteiger partial charge in [0, 0.05) is 45.3 Å². The average molecular weight is 423 g/mol. The first kappa shape index (κ1) is 22.6. The van der Waals surface area contributed by atoms with Crippen molar-refractivity contribution in [1.29, 1.82) is 0 Å². The maximum atomic E-state index is 12.7. The summed E-state index contributed by atoms with van der Waals surface area (Å²) in [6.45, 7) is 3.67. The number of halogens is 3. The average Bonchev–Trinajstić information content (AvgIpc) is 2.94. The zero-order chi connectivity index (χ0) is 21.1. The number of thiophene rings is 1. The Hall–Kier alpha value is -1.69. The Kier molecular flexibility index (Phi) is 7.43. The third kappa shape index (κ3) is 4.83. The van der Waals surface area contributed by atoms with Crippen molar-refractivity contribution < 1.29 is 22.6 Å². The maximum absolute atomic E-state index is 12.7. The minimum atomic E-state index is -4.40. The van der Waals surface area contributed by atoms with Crippen LogP contribution in [0, 0.1) is 6.92 Å². The molecular weight excluding hydrogens is 399 g/mol. The van der Waals surface area contributed by atoms with Crippen molar-refractivity contribution in [3.63, 3.8) is 0 Å². The van der Waals surface area contributed by atoms with Crippen molar-refractivity contribution in [2.24, 2.45) is 0 Å². The van der Waals surface area contributed by atoms with E-state index in [2.05, 4.69) is 5.32 Å². The number of nitrogens with one attached hydrogen (secondary N) is 1.